The third kappa shape index (κ3) is 5.85. The molecule has 0 unspecified atom stereocenters. The average Bonchev–Trinajstić information content (AvgIpc) is 2.48. The minimum atomic E-state index is -1.12. The summed E-state index contributed by atoms with van der Waals surface area (Å²) in [6.07, 6.45) is 4.43. The van der Waals surface area contributed by atoms with Crippen LogP contribution in [-0.4, -0.2) is 41.0 Å². The summed E-state index contributed by atoms with van der Waals surface area (Å²) >= 11 is 0. The Morgan fingerprint density at radius 2 is 2.10 bits per heavy atom. The normalized spacial score (nSPS) is 10.3. The Labute approximate surface area is 122 Å². The van der Waals surface area contributed by atoms with E-state index in [1.165, 1.54) is 12.3 Å². The van der Waals surface area contributed by atoms with E-state index in [0.717, 1.165) is 12.5 Å². The zero-order valence-corrected chi connectivity index (χ0v) is 11.6. The van der Waals surface area contributed by atoms with Crippen LogP contribution in [0, 0.1) is 0 Å². The summed E-state index contributed by atoms with van der Waals surface area (Å²) in [5, 5.41) is 13.7. The van der Waals surface area contributed by atoms with E-state index in [0.29, 0.717) is 12.1 Å². The van der Waals surface area contributed by atoms with E-state index in [4.69, 9.17) is 5.11 Å². The van der Waals surface area contributed by atoms with Crippen LogP contribution in [0.3, 0.4) is 0 Å². The smallest absolute Gasteiger partial charge is 0.328 e. The molecular weight excluding hydrogens is 274 g/mol. The summed E-state index contributed by atoms with van der Waals surface area (Å²) in [6, 6.07) is 3.16. The fourth-order valence-corrected chi connectivity index (χ4v) is 1.47. The lowest BCUT2D eigenvalue weighted by atomic mass is 10.1. The fourth-order valence-electron chi connectivity index (χ4n) is 1.47. The molecule has 0 spiro atoms. The van der Waals surface area contributed by atoms with Gasteiger partial charge in [-0.1, -0.05) is 13.0 Å². The summed E-state index contributed by atoms with van der Waals surface area (Å²) in [5.41, 5.74) is 0.435. The molecule has 1 aromatic rings. The molecule has 0 radical (unpaired) electrons. The van der Waals surface area contributed by atoms with Crippen molar-refractivity contribution in [3.05, 3.63) is 35.7 Å². The molecule has 0 saturated heterocycles. The van der Waals surface area contributed by atoms with E-state index in [9.17, 15) is 14.4 Å². The molecule has 1 aromatic heterocycles. The van der Waals surface area contributed by atoms with Gasteiger partial charge in [-0.15, -0.1) is 0 Å². The van der Waals surface area contributed by atoms with Gasteiger partial charge in [-0.25, -0.2) is 4.79 Å². The molecule has 1 rings (SSSR count). The van der Waals surface area contributed by atoms with Crippen molar-refractivity contribution in [2.45, 2.75) is 13.3 Å². The van der Waals surface area contributed by atoms with Gasteiger partial charge in [0.2, 0.25) is 5.91 Å². The van der Waals surface area contributed by atoms with Gasteiger partial charge in [0.1, 0.15) is 5.69 Å². The second-order valence-corrected chi connectivity index (χ2v) is 4.15. The highest BCUT2D eigenvalue weighted by Crippen LogP contribution is 2.07. The van der Waals surface area contributed by atoms with Gasteiger partial charge in [0.15, 0.2) is 0 Å². The van der Waals surface area contributed by atoms with Crippen LogP contribution in [0.2, 0.25) is 0 Å². The average molecular weight is 291 g/mol. The largest absolute Gasteiger partial charge is 0.478 e. The van der Waals surface area contributed by atoms with E-state index in [1.807, 2.05) is 6.92 Å². The van der Waals surface area contributed by atoms with Gasteiger partial charge in [0.25, 0.3) is 5.91 Å². The number of nitrogens with one attached hydrogen (secondary N) is 2. The molecule has 0 aliphatic carbocycles. The number of aromatic nitrogens is 1. The second-order valence-electron chi connectivity index (χ2n) is 4.15. The van der Waals surface area contributed by atoms with Crippen molar-refractivity contribution in [1.29, 1.82) is 0 Å². The minimum absolute atomic E-state index is 0.0679. The maximum Gasteiger partial charge on any atom is 0.328 e. The summed E-state index contributed by atoms with van der Waals surface area (Å²) in [5.74, 6) is -1.94. The van der Waals surface area contributed by atoms with Crippen LogP contribution in [0.4, 0.5) is 0 Å². The topological polar surface area (TPSA) is 108 Å². The van der Waals surface area contributed by atoms with E-state index >= 15 is 0 Å². The molecule has 3 N–H and O–H groups in total. The Kier molecular flexibility index (Phi) is 6.59. The van der Waals surface area contributed by atoms with Crippen molar-refractivity contribution in [2.24, 2.45) is 0 Å². The molecule has 21 heavy (non-hydrogen) atoms. The van der Waals surface area contributed by atoms with Crippen molar-refractivity contribution < 1.29 is 19.5 Å². The summed E-state index contributed by atoms with van der Waals surface area (Å²) < 4.78 is 0. The highest BCUT2D eigenvalue weighted by Gasteiger charge is 2.12. The molecule has 7 nitrogen and oxygen atoms in total. The summed E-state index contributed by atoms with van der Waals surface area (Å²) in [4.78, 5) is 37.8. The third-order valence-corrected chi connectivity index (χ3v) is 2.44. The SMILES string of the molecule is CCCNC(=O)CNC(=O)c1ncccc1/C=C/C(=O)O. The number of carboxylic acid groups (broad SMARTS) is 1. The predicted octanol–water partition coefficient (Wildman–Crippen LogP) is 0.435. The Morgan fingerprint density at radius 3 is 2.76 bits per heavy atom. The number of aliphatic carboxylic acids is 1. The number of nitrogens with zero attached hydrogens (tertiary/aromatic N) is 1. The number of hydrogen-bond acceptors (Lipinski definition) is 4. The van der Waals surface area contributed by atoms with Crippen LogP contribution in [-0.2, 0) is 9.59 Å². The molecule has 112 valence electrons. The number of carboxylic acids is 1. The van der Waals surface area contributed by atoms with E-state index < -0.39 is 11.9 Å². The molecular formula is C14H17N3O4. The number of carbonyl (C=O) groups is 3. The Morgan fingerprint density at radius 1 is 1.33 bits per heavy atom. The van der Waals surface area contributed by atoms with Gasteiger partial charge in [0.05, 0.1) is 6.54 Å². The lowest BCUT2D eigenvalue weighted by Gasteiger charge is -2.07. The molecule has 0 aromatic carbocycles. The maximum atomic E-state index is 12.0. The fraction of sp³-hybridized carbons (Fsp3) is 0.286. The van der Waals surface area contributed by atoms with Gasteiger partial charge >= 0.3 is 5.97 Å². The molecule has 0 aliphatic rings. The van der Waals surface area contributed by atoms with Crippen molar-refractivity contribution in [3.8, 4) is 0 Å². The minimum Gasteiger partial charge on any atom is -0.478 e. The number of pyridine rings is 1. The molecule has 0 saturated carbocycles. The molecule has 0 atom stereocenters. The molecule has 7 heteroatoms. The second kappa shape index (κ2) is 8.47. The van der Waals surface area contributed by atoms with Crippen molar-refractivity contribution in [3.63, 3.8) is 0 Å². The van der Waals surface area contributed by atoms with Crippen LogP contribution in [0.25, 0.3) is 6.08 Å². The molecule has 0 fully saturated rings. The third-order valence-electron chi connectivity index (χ3n) is 2.44. The number of amides is 2. The highest BCUT2D eigenvalue weighted by atomic mass is 16.4. The zero-order valence-electron chi connectivity index (χ0n) is 11.6. The van der Waals surface area contributed by atoms with Crippen molar-refractivity contribution in [1.82, 2.24) is 15.6 Å². The standard InChI is InChI=1S/C14H17N3O4/c1-2-7-15-11(18)9-17-14(21)13-10(4-3-8-16-13)5-6-12(19)20/h3-6,8H,2,7,9H2,1H3,(H,15,18)(H,17,21)(H,19,20)/b6-5+. The predicted molar refractivity (Wildman–Crippen MR) is 76.5 cm³/mol. The van der Waals surface area contributed by atoms with Crippen LogP contribution < -0.4 is 10.6 Å². The van der Waals surface area contributed by atoms with E-state index in [2.05, 4.69) is 15.6 Å². The van der Waals surface area contributed by atoms with Gasteiger partial charge in [0, 0.05) is 24.4 Å². The van der Waals surface area contributed by atoms with E-state index in [1.54, 1.807) is 12.1 Å². The van der Waals surface area contributed by atoms with Crippen LogP contribution in [0.1, 0.15) is 29.4 Å². The maximum absolute atomic E-state index is 12.0. The first-order valence-corrected chi connectivity index (χ1v) is 6.45. The monoisotopic (exact) mass is 291 g/mol. The van der Waals surface area contributed by atoms with Crippen molar-refractivity contribution >= 4 is 23.9 Å². The molecule has 1 heterocycles. The first-order valence-electron chi connectivity index (χ1n) is 6.45. The molecule has 0 aliphatic heterocycles. The summed E-state index contributed by atoms with van der Waals surface area (Å²) in [7, 11) is 0. The number of rotatable bonds is 7. The quantitative estimate of drug-likeness (QED) is 0.631. The van der Waals surface area contributed by atoms with Crippen molar-refractivity contribution in [2.75, 3.05) is 13.1 Å². The van der Waals surface area contributed by atoms with Crippen LogP contribution in [0.15, 0.2) is 24.4 Å². The lowest BCUT2D eigenvalue weighted by Crippen LogP contribution is -2.37. The molecule has 0 bridgehead atoms. The number of hydrogen-bond donors (Lipinski definition) is 3. The van der Waals surface area contributed by atoms with Gasteiger partial charge in [-0.05, 0) is 18.6 Å². The van der Waals surface area contributed by atoms with Gasteiger partial charge < -0.3 is 15.7 Å². The Hall–Kier alpha value is -2.70. The van der Waals surface area contributed by atoms with Crippen LogP contribution in [0.5, 0.6) is 0 Å². The Bertz CT molecular complexity index is 555. The van der Waals surface area contributed by atoms with E-state index in [-0.39, 0.29) is 18.1 Å². The first kappa shape index (κ1) is 16.4. The van der Waals surface area contributed by atoms with Gasteiger partial charge in [-0.2, -0.15) is 0 Å². The molecule has 2 amide bonds. The highest BCUT2D eigenvalue weighted by molar-refractivity contribution is 5.98. The first-order chi connectivity index (χ1) is 10.0. The van der Waals surface area contributed by atoms with Crippen LogP contribution >= 0.6 is 0 Å². The van der Waals surface area contributed by atoms with Gasteiger partial charge in [-0.3, -0.25) is 14.6 Å². The number of carbonyl (C=O) groups excluding carboxylic acids is 2. The Balaban J connectivity index is 2.70. The zero-order chi connectivity index (χ0) is 15.7. The lowest BCUT2D eigenvalue weighted by molar-refractivity contribution is -0.131. The summed E-state index contributed by atoms with van der Waals surface area (Å²) in [6.45, 7) is 2.32.